The summed E-state index contributed by atoms with van der Waals surface area (Å²) < 4.78 is 1.93. The summed E-state index contributed by atoms with van der Waals surface area (Å²) in [4.78, 5) is 0. The molecule has 0 bridgehead atoms. The Morgan fingerprint density at radius 3 is 2.62 bits per heavy atom. The lowest BCUT2D eigenvalue weighted by atomic mass is 9.85. The van der Waals surface area contributed by atoms with E-state index in [-0.39, 0.29) is 11.5 Å². The standard InChI is InChI=1S/C11H21ClN4/c1-5-6-16-9(8(12)7-14-16)10(15-13)11(2,3)4/h7,10,15H,5-6,13H2,1-4H3. The number of aromatic nitrogens is 2. The van der Waals surface area contributed by atoms with Gasteiger partial charge < -0.3 is 0 Å². The average molecular weight is 245 g/mol. The number of nitrogens with zero attached hydrogens (tertiary/aromatic N) is 2. The number of aryl methyl sites for hydroxylation is 1. The maximum Gasteiger partial charge on any atom is 0.0834 e. The molecule has 1 unspecified atom stereocenters. The lowest BCUT2D eigenvalue weighted by Crippen LogP contribution is -2.38. The van der Waals surface area contributed by atoms with Gasteiger partial charge >= 0.3 is 0 Å². The van der Waals surface area contributed by atoms with Crippen molar-refractivity contribution in [1.82, 2.24) is 15.2 Å². The van der Waals surface area contributed by atoms with Gasteiger partial charge in [0.1, 0.15) is 0 Å². The molecular weight excluding hydrogens is 224 g/mol. The van der Waals surface area contributed by atoms with Crippen LogP contribution in [0.5, 0.6) is 0 Å². The molecule has 4 nitrogen and oxygen atoms in total. The lowest BCUT2D eigenvalue weighted by Gasteiger charge is -2.30. The van der Waals surface area contributed by atoms with Gasteiger partial charge in [-0.15, -0.1) is 0 Å². The molecule has 3 N–H and O–H groups in total. The van der Waals surface area contributed by atoms with Crippen LogP contribution < -0.4 is 11.3 Å². The van der Waals surface area contributed by atoms with Crippen LogP contribution >= 0.6 is 11.6 Å². The first-order chi connectivity index (χ1) is 7.41. The van der Waals surface area contributed by atoms with Gasteiger partial charge in [-0.25, -0.2) is 0 Å². The molecule has 0 fully saturated rings. The zero-order valence-corrected chi connectivity index (χ0v) is 11.2. The van der Waals surface area contributed by atoms with Crippen LogP contribution in [0, 0.1) is 5.41 Å². The molecule has 0 aliphatic rings. The van der Waals surface area contributed by atoms with Crippen molar-refractivity contribution in [1.29, 1.82) is 0 Å². The van der Waals surface area contributed by atoms with Crippen LogP contribution in [0.4, 0.5) is 0 Å². The molecule has 5 heteroatoms. The van der Waals surface area contributed by atoms with Crippen molar-refractivity contribution in [3.05, 3.63) is 16.9 Å². The minimum absolute atomic E-state index is 0.00551. The van der Waals surface area contributed by atoms with Gasteiger partial charge in [-0.3, -0.25) is 16.0 Å². The Morgan fingerprint density at radius 1 is 1.56 bits per heavy atom. The monoisotopic (exact) mass is 244 g/mol. The smallest absolute Gasteiger partial charge is 0.0834 e. The second kappa shape index (κ2) is 5.17. The topological polar surface area (TPSA) is 55.9 Å². The van der Waals surface area contributed by atoms with Gasteiger partial charge in [-0.2, -0.15) is 5.10 Å². The predicted molar refractivity (Wildman–Crippen MR) is 67.0 cm³/mol. The summed E-state index contributed by atoms with van der Waals surface area (Å²) in [5.74, 6) is 5.63. The summed E-state index contributed by atoms with van der Waals surface area (Å²) in [5.41, 5.74) is 3.80. The maximum absolute atomic E-state index is 6.18. The highest BCUT2D eigenvalue weighted by atomic mass is 35.5. The Balaban J connectivity index is 3.13. The zero-order valence-electron chi connectivity index (χ0n) is 10.4. The van der Waals surface area contributed by atoms with E-state index in [1.165, 1.54) is 0 Å². The van der Waals surface area contributed by atoms with Crippen molar-refractivity contribution in [2.75, 3.05) is 0 Å². The quantitative estimate of drug-likeness (QED) is 0.632. The van der Waals surface area contributed by atoms with E-state index in [0.717, 1.165) is 18.7 Å². The Hall–Kier alpha value is -0.580. The van der Waals surface area contributed by atoms with Gasteiger partial charge in [0, 0.05) is 6.54 Å². The van der Waals surface area contributed by atoms with Crippen LogP contribution in [0.1, 0.15) is 45.9 Å². The van der Waals surface area contributed by atoms with Crippen molar-refractivity contribution in [2.45, 2.75) is 46.7 Å². The fourth-order valence-corrected chi connectivity index (χ4v) is 2.04. The zero-order chi connectivity index (χ0) is 12.3. The summed E-state index contributed by atoms with van der Waals surface area (Å²) in [7, 11) is 0. The second-order valence-corrected chi connectivity index (χ2v) is 5.47. The van der Waals surface area contributed by atoms with E-state index >= 15 is 0 Å². The van der Waals surface area contributed by atoms with Crippen LogP contribution in [0.15, 0.2) is 6.20 Å². The van der Waals surface area contributed by atoms with Gasteiger partial charge in [0.25, 0.3) is 0 Å². The van der Waals surface area contributed by atoms with E-state index in [1.807, 2.05) is 4.68 Å². The molecule has 0 saturated heterocycles. The van der Waals surface area contributed by atoms with E-state index in [1.54, 1.807) is 6.20 Å². The van der Waals surface area contributed by atoms with Gasteiger partial charge in [0.15, 0.2) is 0 Å². The van der Waals surface area contributed by atoms with Crippen LogP contribution in [-0.4, -0.2) is 9.78 Å². The third-order valence-electron chi connectivity index (χ3n) is 2.57. The fourth-order valence-electron chi connectivity index (χ4n) is 1.79. The maximum atomic E-state index is 6.18. The Morgan fingerprint density at radius 2 is 2.19 bits per heavy atom. The largest absolute Gasteiger partial charge is 0.271 e. The van der Waals surface area contributed by atoms with E-state index in [4.69, 9.17) is 17.4 Å². The minimum atomic E-state index is -0.0100. The first kappa shape index (κ1) is 13.5. The number of hydrogen-bond donors (Lipinski definition) is 2. The number of hydrazine groups is 1. The molecule has 1 aromatic heterocycles. The van der Waals surface area contributed by atoms with Crippen LogP contribution in [-0.2, 0) is 6.54 Å². The SMILES string of the molecule is CCCn1ncc(Cl)c1C(NN)C(C)(C)C. The number of hydrogen-bond acceptors (Lipinski definition) is 3. The van der Waals surface area contributed by atoms with E-state index in [2.05, 4.69) is 38.2 Å². The van der Waals surface area contributed by atoms with E-state index in [0.29, 0.717) is 5.02 Å². The average Bonchev–Trinajstić information content (AvgIpc) is 2.49. The number of nitrogens with one attached hydrogen (secondary N) is 1. The molecule has 1 aromatic rings. The van der Waals surface area contributed by atoms with Crippen molar-refractivity contribution < 1.29 is 0 Å². The Kier molecular flexibility index (Phi) is 4.35. The molecule has 0 aliphatic carbocycles. The molecule has 0 aromatic carbocycles. The predicted octanol–water partition coefficient (Wildman–Crippen LogP) is 2.50. The molecule has 0 saturated carbocycles. The van der Waals surface area contributed by atoms with Gasteiger partial charge in [-0.1, -0.05) is 39.3 Å². The van der Waals surface area contributed by atoms with Crippen molar-refractivity contribution in [2.24, 2.45) is 11.3 Å². The highest BCUT2D eigenvalue weighted by Crippen LogP contribution is 2.35. The van der Waals surface area contributed by atoms with Gasteiger partial charge in [0.05, 0.1) is 23.0 Å². The molecular formula is C11H21ClN4. The number of nitrogens with two attached hydrogens (primary N) is 1. The molecule has 0 spiro atoms. The molecule has 0 amide bonds. The molecule has 0 radical (unpaired) electrons. The molecule has 1 atom stereocenters. The van der Waals surface area contributed by atoms with Crippen molar-refractivity contribution in [3.63, 3.8) is 0 Å². The third-order valence-corrected chi connectivity index (χ3v) is 2.87. The Labute approximate surface area is 102 Å². The minimum Gasteiger partial charge on any atom is -0.271 e. The van der Waals surface area contributed by atoms with Crippen molar-refractivity contribution in [3.8, 4) is 0 Å². The summed E-state index contributed by atoms with van der Waals surface area (Å²) in [6.07, 6.45) is 2.70. The summed E-state index contributed by atoms with van der Waals surface area (Å²) in [6.45, 7) is 9.34. The van der Waals surface area contributed by atoms with Crippen LogP contribution in [0.2, 0.25) is 5.02 Å². The summed E-state index contributed by atoms with van der Waals surface area (Å²) in [6, 6.07) is -0.00551. The number of rotatable bonds is 4. The van der Waals surface area contributed by atoms with Crippen LogP contribution in [0.3, 0.4) is 0 Å². The molecule has 1 rings (SSSR count). The van der Waals surface area contributed by atoms with Crippen molar-refractivity contribution >= 4 is 11.6 Å². The first-order valence-corrected chi connectivity index (χ1v) is 5.97. The normalized spacial score (nSPS) is 14.1. The summed E-state index contributed by atoms with van der Waals surface area (Å²) >= 11 is 6.18. The highest BCUT2D eigenvalue weighted by molar-refractivity contribution is 6.31. The Bertz CT molecular complexity index is 340. The van der Waals surface area contributed by atoms with E-state index < -0.39 is 0 Å². The first-order valence-electron chi connectivity index (χ1n) is 5.59. The third kappa shape index (κ3) is 2.75. The molecule has 1 heterocycles. The van der Waals surface area contributed by atoms with Crippen LogP contribution in [0.25, 0.3) is 0 Å². The fraction of sp³-hybridized carbons (Fsp3) is 0.727. The van der Waals surface area contributed by atoms with Gasteiger partial charge in [-0.05, 0) is 11.8 Å². The number of halogens is 1. The highest BCUT2D eigenvalue weighted by Gasteiger charge is 2.30. The molecule has 92 valence electrons. The molecule has 16 heavy (non-hydrogen) atoms. The van der Waals surface area contributed by atoms with E-state index in [9.17, 15) is 0 Å². The summed E-state index contributed by atoms with van der Waals surface area (Å²) in [5, 5.41) is 4.95. The lowest BCUT2D eigenvalue weighted by molar-refractivity contribution is 0.260. The molecule has 0 aliphatic heterocycles. The van der Waals surface area contributed by atoms with Gasteiger partial charge in [0.2, 0.25) is 0 Å². The second-order valence-electron chi connectivity index (χ2n) is 5.07.